The number of ketones is 1. The first-order valence-corrected chi connectivity index (χ1v) is 9.05. The molecule has 1 aliphatic heterocycles. The van der Waals surface area contributed by atoms with Crippen LogP contribution in [0.15, 0.2) is 68.9 Å². The summed E-state index contributed by atoms with van der Waals surface area (Å²) in [5.41, 5.74) is -4.28. The number of hydrogen-bond donors (Lipinski definition) is 4. The Kier molecular flexibility index (Phi) is 5.00. The molecule has 2 aromatic heterocycles. The lowest BCUT2D eigenvalue weighted by Gasteiger charge is -2.32. The number of furan rings is 1. The van der Waals surface area contributed by atoms with Gasteiger partial charge >= 0.3 is 5.69 Å². The van der Waals surface area contributed by atoms with Crippen LogP contribution < -0.4 is 11.2 Å². The van der Waals surface area contributed by atoms with E-state index in [1.807, 2.05) is 0 Å². The van der Waals surface area contributed by atoms with Crippen LogP contribution in [0.25, 0.3) is 11.3 Å². The summed E-state index contributed by atoms with van der Waals surface area (Å²) in [5.74, 6) is -0.732. The van der Waals surface area contributed by atoms with Crippen LogP contribution in [0.2, 0.25) is 0 Å². The van der Waals surface area contributed by atoms with Gasteiger partial charge in [0.25, 0.3) is 5.56 Å². The quantitative estimate of drug-likeness (QED) is 0.405. The summed E-state index contributed by atoms with van der Waals surface area (Å²) in [5, 5.41) is 30.7. The summed E-state index contributed by atoms with van der Waals surface area (Å²) in [6.45, 7) is -0.717. The monoisotopic (exact) mass is 414 g/mol. The molecule has 0 amide bonds. The Bertz CT molecular complexity index is 1170. The van der Waals surface area contributed by atoms with Crippen molar-refractivity contribution < 1.29 is 29.3 Å². The molecule has 0 radical (unpaired) electrons. The van der Waals surface area contributed by atoms with Crippen molar-refractivity contribution in [3.05, 3.63) is 81.3 Å². The van der Waals surface area contributed by atoms with E-state index in [9.17, 15) is 29.7 Å². The molecule has 0 saturated carbocycles. The average molecular weight is 414 g/mol. The molecule has 1 saturated heterocycles. The average Bonchev–Trinajstić information content (AvgIpc) is 3.37. The second-order valence-electron chi connectivity index (χ2n) is 6.82. The standard InChI is InChI=1S/C20H18N2O8/c23-10-14-15(24)17(26)20(30-14,16(25)11-5-2-1-3-6-11)22-9-12(13-7-4-8-29-13)18(27)21-19(22)28/h1-9,14-15,17,23-24,26H,10H2,(H,21,27,28)/t14-,15-,17-,20-/m1/s1. The molecule has 3 aromatic rings. The number of carbonyl (C=O) groups excluding carboxylic acids is 1. The van der Waals surface area contributed by atoms with Gasteiger partial charge in [-0.05, 0) is 12.1 Å². The van der Waals surface area contributed by atoms with Gasteiger partial charge in [-0.15, -0.1) is 0 Å². The van der Waals surface area contributed by atoms with Crippen LogP contribution in [-0.4, -0.2) is 55.6 Å². The van der Waals surface area contributed by atoms with Crippen molar-refractivity contribution >= 4 is 5.78 Å². The minimum absolute atomic E-state index is 0.0833. The van der Waals surface area contributed by atoms with Crippen LogP contribution in [0.5, 0.6) is 0 Å². The fraction of sp³-hybridized carbons (Fsp3) is 0.250. The minimum atomic E-state index is -2.43. The van der Waals surface area contributed by atoms with Crippen molar-refractivity contribution in [3.63, 3.8) is 0 Å². The van der Waals surface area contributed by atoms with E-state index in [4.69, 9.17) is 9.15 Å². The molecule has 10 nitrogen and oxygen atoms in total. The maximum Gasteiger partial charge on any atom is 0.331 e. The molecular weight excluding hydrogens is 396 g/mol. The number of H-pyrrole nitrogens is 1. The van der Waals surface area contributed by atoms with Gasteiger partial charge in [-0.1, -0.05) is 30.3 Å². The third-order valence-corrected chi connectivity index (χ3v) is 5.06. The number of benzene rings is 1. The number of aromatic amines is 1. The van der Waals surface area contributed by atoms with E-state index in [2.05, 4.69) is 4.98 Å². The Labute approximate surface area is 168 Å². The van der Waals surface area contributed by atoms with Crippen LogP contribution in [0.3, 0.4) is 0 Å². The van der Waals surface area contributed by atoms with E-state index < -0.39 is 47.7 Å². The number of ether oxygens (including phenoxy) is 1. The fourth-order valence-corrected chi connectivity index (χ4v) is 3.57. The zero-order chi connectivity index (χ0) is 21.5. The Hall–Kier alpha value is -3.31. The maximum atomic E-state index is 13.5. The molecule has 4 N–H and O–H groups in total. The molecule has 4 atom stereocenters. The Morgan fingerprint density at radius 3 is 2.47 bits per heavy atom. The molecule has 3 heterocycles. The number of rotatable bonds is 5. The largest absolute Gasteiger partial charge is 0.464 e. The van der Waals surface area contributed by atoms with Gasteiger partial charge in [0.15, 0.2) is 0 Å². The molecular formula is C20H18N2O8. The van der Waals surface area contributed by atoms with Gasteiger partial charge in [-0.2, -0.15) is 0 Å². The zero-order valence-electron chi connectivity index (χ0n) is 15.5. The predicted molar refractivity (Wildman–Crippen MR) is 102 cm³/mol. The summed E-state index contributed by atoms with van der Waals surface area (Å²) < 4.78 is 11.6. The van der Waals surface area contributed by atoms with Crippen LogP contribution in [-0.2, 0) is 10.5 Å². The van der Waals surface area contributed by atoms with Crippen molar-refractivity contribution in [3.8, 4) is 11.3 Å². The van der Waals surface area contributed by atoms with Gasteiger partial charge in [0.05, 0.1) is 18.4 Å². The molecule has 0 unspecified atom stereocenters. The van der Waals surface area contributed by atoms with Crippen molar-refractivity contribution in [2.45, 2.75) is 24.0 Å². The molecule has 1 fully saturated rings. The summed E-state index contributed by atoms with van der Waals surface area (Å²) in [6, 6.07) is 10.7. The third-order valence-electron chi connectivity index (χ3n) is 5.06. The normalized spacial score (nSPS) is 26.0. The molecule has 1 aromatic carbocycles. The highest BCUT2D eigenvalue weighted by molar-refractivity contribution is 6.01. The summed E-state index contributed by atoms with van der Waals surface area (Å²) in [6.07, 6.45) is -2.60. The molecule has 0 bridgehead atoms. The Morgan fingerprint density at radius 1 is 1.13 bits per heavy atom. The molecule has 0 aliphatic carbocycles. The highest BCUT2D eigenvalue weighted by atomic mass is 16.6. The number of carbonyl (C=O) groups is 1. The lowest BCUT2D eigenvalue weighted by Crippen LogP contribution is -2.56. The first kappa shape index (κ1) is 20.0. The maximum absolute atomic E-state index is 13.5. The van der Waals surface area contributed by atoms with Gasteiger partial charge in [0, 0.05) is 11.8 Å². The second-order valence-corrected chi connectivity index (χ2v) is 6.82. The SMILES string of the molecule is O=C(c1ccccc1)[C@@]1(n2cc(-c3ccco3)c(=O)[nH]c2=O)O[C@H](CO)[C@@H](O)[C@H]1O. The number of aromatic nitrogens is 2. The smallest absolute Gasteiger partial charge is 0.331 e. The lowest BCUT2D eigenvalue weighted by molar-refractivity contribution is -0.117. The van der Waals surface area contributed by atoms with E-state index in [0.29, 0.717) is 4.57 Å². The number of aliphatic hydroxyl groups is 3. The minimum Gasteiger partial charge on any atom is -0.464 e. The topological polar surface area (TPSA) is 155 Å². The van der Waals surface area contributed by atoms with Crippen molar-refractivity contribution in [2.24, 2.45) is 0 Å². The van der Waals surface area contributed by atoms with Crippen molar-refractivity contribution in [1.29, 1.82) is 0 Å². The summed E-state index contributed by atoms with van der Waals surface area (Å²) in [7, 11) is 0. The van der Waals surface area contributed by atoms with Crippen molar-refractivity contribution in [2.75, 3.05) is 6.61 Å². The zero-order valence-corrected chi connectivity index (χ0v) is 15.5. The van der Waals surface area contributed by atoms with E-state index in [0.717, 1.165) is 6.20 Å². The predicted octanol–water partition coefficient (Wildman–Crippen LogP) is -0.555. The first-order chi connectivity index (χ1) is 14.4. The molecule has 1 aliphatic rings. The number of nitrogens with one attached hydrogen (secondary N) is 1. The summed E-state index contributed by atoms with van der Waals surface area (Å²) >= 11 is 0. The van der Waals surface area contributed by atoms with Gasteiger partial charge in [-0.25, -0.2) is 4.79 Å². The number of aliphatic hydroxyl groups excluding tert-OH is 3. The fourth-order valence-electron chi connectivity index (χ4n) is 3.57. The summed E-state index contributed by atoms with van der Waals surface area (Å²) in [4.78, 5) is 40.6. The van der Waals surface area contributed by atoms with E-state index >= 15 is 0 Å². The van der Waals surface area contributed by atoms with E-state index in [1.54, 1.807) is 18.2 Å². The van der Waals surface area contributed by atoms with Gasteiger partial charge in [0.1, 0.15) is 24.1 Å². The molecule has 4 rings (SSSR count). The van der Waals surface area contributed by atoms with E-state index in [1.165, 1.54) is 30.5 Å². The van der Waals surface area contributed by atoms with Gasteiger partial charge < -0.3 is 24.5 Å². The van der Waals surface area contributed by atoms with Gasteiger partial charge in [0.2, 0.25) is 11.5 Å². The Balaban J connectivity index is 1.99. The number of hydrogen-bond acceptors (Lipinski definition) is 8. The molecule has 10 heteroatoms. The lowest BCUT2D eigenvalue weighted by atomic mass is 9.93. The van der Waals surface area contributed by atoms with E-state index in [-0.39, 0.29) is 16.9 Å². The Morgan fingerprint density at radius 2 is 1.87 bits per heavy atom. The third kappa shape index (κ3) is 2.94. The second kappa shape index (κ2) is 7.50. The molecule has 156 valence electrons. The molecule has 30 heavy (non-hydrogen) atoms. The van der Waals surface area contributed by atoms with Crippen LogP contribution in [0.1, 0.15) is 10.4 Å². The number of nitrogens with zero attached hydrogens (tertiary/aromatic N) is 1. The van der Waals surface area contributed by atoms with Crippen molar-refractivity contribution in [1.82, 2.24) is 9.55 Å². The number of Topliss-reactive ketones (excluding diaryl/α,β-unsaturated/α-hetero) is 1. The van der Waals surface area contributed by atoms with Crippen LogP contribution >= 0.6 is 0 Å². The first-order valence-electron chi connectivity index (χ1n) is 9.05. The molecule has 0 spiro atoms. The van der Waals surface area contributed by atoms with Crippen LogP contribution in [0, 0.1) is 0 Å². The highest BCUT2D eigenvalue weighted by Crippen LogP contribution is 2.38. The van der Waals surface area contributed by atoms with Crippen LogP contribution in [0.4, 0.5) is 0 Å². The highest BCUT2D eigenvalue weighted by Gasteiger charge is 2.60. The van der Waals surface area contributed by atoms with Gasteiger partial charge in [-0.3, -0.25) is 19.1 Å².